The van der Waals surface area contributed by atoms with Crippen LogP contribution in [0, 0.1) is 0 Å². The normalized spacial score (nSPS) is 12.3. The lowest BCUT2D eigenvalue weighted by molar-refractivity contribution is -0.137. The van der Waals surface area contributed by atoms with E-state index >= 15 is 0 Å². The molecule has 1 heterocycles. The van der Waals surface area contributed by atoms with Crippen molar-refractivity contribution in [3.63, 3.8) is 0 Å². The predicted octanol–water partition coefficient (Wildman–Crippen LogP) is 3.00. The third kappa shape index (κ3) is 7.71. The summed E-state index contributed by atoms with van der Waals surface area (Å²) in [6.07, 6.45) is 1.33. The summed E-state index contributed by atoms with van der Waals surface area (Å²) in [6.45, 7) is 3.41. The molecule has 0 bridgehead atoms. The van der Waals surface area contributed by atoms with Crippen LogP contribution in [0.1, 0.15) is 38.2 Å². The Hall–Kier alpha value is -1.99. The molecule has 0 fully saturated rings. The highest BCUT2D eigenvalue weighted by molar-refractivity contribution is 5.77. The SMILES string of the molecule is CCCCCCN=C(N)NCCNc1ncccc1C(F)(F)F. The van der Waals surface area contributed by atoms with Crippen molar-refractivity contribution >= 4 is 11.8 Å². The van der Waals surface area contributed by atoms with Crippen molar-refractivity contribution < 1.29 is 13.2 Å². The van der Waals surface area contributed by atoms with Gasteiger partial charge in [-0.2, -0.15) is 13.2 Å². The number of nitrogens with one attached hydrogen (secondary N) is 2. The maximum Gasteiger partial charge on any atom is 0.419 e. The summed E-state index contributed by atoms with van der Waals surface area (Å²) in [7, 11) is 0. The number of guanidine groups is 1. The van der Waals surface area contributed by atoms with Crippen molar-refractivity contribution in [1.82, 2.24) is 10.3 Å². The number of pyridine rings is 1. The summed E-state index contributed by atoms with van der Waals surface area (Å²) in [6, 6.07) is 2.25. The smallest absolute Gasteiger partial charge is 0.370 e. The highest BCUT2D eigenvalue weighted by Crippen LogP contribution is 2.33. The maximum atomic E-state index is 12.8. The second-order valence-corrected chi connectivity index (χ2v) is 5.08. The third-order valence-electron chi connectivity index (χ3n) is 3.13. The van der Waals surface area contributed by atoms with E-state index < -0.39 is 11.7 Å². The van der Waals surface area contributed by atoms with Gasteiger partial charge in [-0.3, -0.25) is 4.99 Å². The average molecular weight is 331 g/mol. The molecule has 0 aliphatic rings. The summed E-state index contributed by atoms with van der Waals surface area (Å²) in [4.78, 5) is 7.88. The summed E-state index contributed by atoms with van der Waals surface area (Å²) in [5.41, 5.74) is 4.90. The highest BCUT2D eigenvalue weighted by atomic mass is 19.4. The Morgan fingerprint density at radius 1 is 1.26 bits per heavy atom. The number of unbranched alkanes of at least 4 members (excludes halogenated alkanes) is 3. The summed E-state index contributed by atoms with van der Waals surface area (Å²) in [5, 5.41) is 5.51. The first-order chi connectivity index (χ1) is 10.9. The van der Waals surface area contributed by atoms with E-state index in [0.29, 0.717) is 19.0 Å². The Balaban J connectivity index is 2.31. The zero-order chi connectivity index (χ0) is 17.1. The third-order valence-corrected chi connectivity index (χ3v) is 3.13. The molecule has 1 aromatic rings. The van der Waals surface area contributed by atoms with E-state index in [-0.39, 0.29) is 12.4 Å². The monoisotopic (exact) mass is 331 g/mol. The molecule has 0 aliphatic carbocycles. The van der Waals surface area contributed by atoms with Gasteiger partial charge in [-0.25, -0.2) is 4.98 Å². The molecule has 0 amide bonds. The number of aliphatic imine (C=N–C) groups is 1. The van der Waals surface area contributed by atoms with Gasteiger partial charge in [-0.1, -0.05) is 26.2 Å². The number of hydrogen-bond donors (Lipinski definition) is 3. The van der Waals surface area contributed by atoms with Gasteiger partial charge in [0, 0.05) is 25.8 Å². The van der Waals surface area contributed by atoms with Crippen LogP contribution in [0.3, 0.4) is 0 Å². The molecule has 1 rings (SSSR count). The molecule has 0 aromatic carbocycles. The molecular formula is C15H24F3N5. The zero-order valence-electron chi connectivity index (χ0n) is 13.3. The predicted molar refractivity (Wildman–Crippen MR) is 86.4 cm³/mol. The number of aromatic nitrogens is 1. The Kier molecular flexibility index (Phi) is 8.21. The lowest BCUT2D eigenvalue weighted by atomic mass is 10.2. The quantitative estimate of drug-likeness (QED) is 0.369. The fourth-order valence-electron chi connectivity index (χ4n) is 1.94. The molecule has 1 aromatic heterocycles. The summed E-state index contributed by atoms with van der Waals surface area (Å²) in [5.74, 6) is 0.122. The molecule has 130 valence electrons. The van der Waals surface area contributed by atoms with Crippen LogP contribution < -0.4 is 16.4 Å². The molecule has 0 unspecified atom stereocenters. The minimum Gasteiger partial charge on any atom is -0.370 e. The minimum atomic E-state index is -4.43. The van der Waals surface area contributed by atoms with Crippen LogP contribution in [0.25, 0.3) is 0 Å². The number of nitrogens with zero attached hydrogens (tertiary/aromatic N) is 2. The van der Waals surface area contributed by atoms with Gasteiger partial charge >= 0.3 is 6.18 Å². The Morgan fingerprint density at radius 3 is 2.74 bits per heavy atom. The van der Waals surface area contributed by atoms with Gasteiger partial charge in [0.1, 0.15) is 5.82 Å². The van der Waals surface area contributed by atoms with Crippen molar-refractivity contribution in [2.24, 2.45) is 10.7 Å². The molecule has 23 heavy (non-hydrogen) atoms. The van der Waals surface area contributed by atoms with Crippen molar-refractivity contribution in [2.75, 3.05) is 25.0 Å². The summed E-state index contributed by atoms with van der Waals surface area (Å²) < 4.78 is 38.3. The Morgan fingerprint density at radius 2 is 2.04 bits per heavy atom. The molecular weight excluding hydrogens is 307 g/mol. The van der Waals surface area contributed by atoms with Crippen LogP contribution in [0.5, 0.6) is 0 Å². The van der Waals surface area contributed by atoms with Gasteiger partial charge in [0.25, 0.3) is 0 Å². The second-order valence-electron chi connectivity index (χ2n) is 5.08. The highest BCUT2D eigenvalue weighted by Gasteiger charge is 2.33. The molecule has 0 radical (unpaired) electrons. The van der Waals surface area contributed by atoms with Crippen LogP contribution in [0.2, 0.25) is 0 Å². The van der Waals surface area contributed by atoms with Gasteiger partial charge in [0.15, 0.2) is 5.96 Å². The molecule has 0 spiro atoms. The van der Waals surface area contributed by atoms with Gasteiger partial charge in [0.05, 0.1) is 5.56 Å². The molecule has 0 aliphatic heterocycles. The summed E-state index contributed by atoms with van der Waals surface area (Å²) >= 11 is 0. The second kappa shape index (κ2) is 9.91. The number of halogens is 3. The van der Waals surface area contributed by atoms with Crippen molar-refractivity contribution in [3.8, 4) is 0 Å². The Labute approximate surface area is 134 Å². The largest absolute Gasteiger partial charge is 0.419 e. The van der Waals surface area contributed by atoms with E-state index in [1.165, 1.54) is 18.7 Å². The van der Waals surface area contributed by atoms with Crippen LogP contribution in [0.4, 0.5) is 19.0 Å². The van der Waals surface area contributed by atoms with Gasteiger partial charge in [-0.15, -0.1) is 0 Å². The first kappa shape index (κ1) is 19.1. The lowest BCUT2D eigenvalue weighted by Crippen LogP contribution is -2.35. The van der Waals surface area contributed by atoms with E-state index in [2.05, 4.69) is 27.5 Å². The van der Waals surface area contributed by atoms with Crippen LogP contribution in [-0.2, 0) is 6.18 Å². The average Bonchev–Trinajstić information content (AvgIpc) is 2.51. The van der Waals surface area contributed by atoms with E-state index in [0.717, 1.165) is 25.3 Å². The fraction of sp³-hybridized carbons (Fsp3) is 0.600. The van der Waals surface area contributed by atoms with Crippen LogP contribution in [0.15, 0.2) is 23.3 Å². The number of rotatable bonds is 9. The first-order valence-corrected chi connectivity index (χ1v) is 7.75. The maximum absolute atomic E-state index is 12.8. The molecule has 8 heteroatoms. The molecule has 0 atom stereocenters. The number of anilines is 1. The topological polar surface area (TPSA) is 75.3 Å². The fourth-order valence-corrected chi connectivity index (χ4v) is 1.94. The van der Waals surface area contributed by atoms with Gasteiger partial charge < -0.3 is 16.4 Å². The van der Waals surface area contributed by atoms with E-state index in [1.54, 1.807) is 0 Å². The molecule has 0 saturated carbocycles. The van der Waals surface area contributed by atoms with Crippen molar-refractivity contribution in [3.05, 3.63) is 23.9 Å². The van der Waals surface area contributed by atoms with Crippen LogP contribution >= 0.6 is 0 Å². The standard InChI is InChI=1S/C15H24F3N5/c1-2-3-4-5-8-22-14(19)23-11-10-21-13-12(15(16,17)18)7-6-9-20-13/h6-7,9H,2-5,8,10-11H2,1H3,(H,20,21)(H3,19,22,23). The van der Waals surface area contributed by atoms with Gasteiger partial charge in [-0.05, 0) is 18.6 Å². The van der Waals surface area contributed by atoms with E-state index in [9.17, 15) is 13.2 Å². The first-order valence-electron chi connectivity index (χ1n) is 7.75. The van der Waals surface area contributed by atoms with E-state index in [4.69, 9.17) is 5.73 Å². The van der Waals surface area contributed by atoms with Crippen molar-refractivity contribution in [2.45, 2.75) is 38.8 Å². The minimum absolute atomic E-state index is 0.183. The molecule has 0 saturated heterocycles. The molecule has 5 nitrogen and oxygen atoms in total. The lowest BCUT2D eigenvalue weighted by Gasteiger charge is -2.13. The van der Waals surface area contributed by atoms with Gasteiger partial charge in [0.2, 0.25) is 0 Å². The number of hydrogen-bond acceptors (Lipinski definition) is 3. The number of nitrogens with two attached hydrogens (primary N) is 1. The van der Waals surface area contributed by atoms with E-state index in [1.807, 2.05) is 0 Å². The number of alkyl halides is 3. The van der Waals surface area contributed by atoms with Crippen molar-refractivity contribution in [1.29, 1.82) is 0 Å². The molecule has 4 N–H and O–H groups in total. The Bertz CT molecular complexity index is 488. The van der Waals surface area contributed by atoms with Crippen LogP contribution in [-0.4, -0.2) is 30.6 Å². The zero-order valence-corrected chi connectivity index (χ0v) is 13.3.